The number of amides is 1. The van der Waals surface area contributed by atoms with Crippen LogP contribution in [0.25, 0.3) is 0 Å². The quantitative estimate of drug-likeness (QED) is 0.402. The molecule has 0 atom stereocenters. The Bertz CT molecular complexity index is 1360. The number of hydrogen-bond donors (Lipinski definition) is 1. The highest BCUT2D eigenvalue weighted by atomic mass is 32.2. The van der Waals surface area contributed by atoms with Crippen molar-refractivity contribution < 1.29 is 17.6 Å². The predicted molar refractivity (Wildman–Crippen MR) is 126 cm³/mol. The van der Waals surface area contributed by atoms with Crippen molar-refractivity contribution >= 4 is 21.4 Å². The summed E-state index contributed by atoms with van der Waals surface area (Å²) >= 11 is 0. The number of imidazole rings is 1. The van der Waals surface area contributed by atoms with Crippen LogP contribution in [0.1, 0.15) is 47.3 Å². The number of carbonyl (C=O) groups is 1. The van der Waals surface area contributed by atoms with Gasteiger partial charge in [0, 0.05) is 36.1 Å². The molecule has 4 rings (SSSR count). The highest BCUT2D eigenvalue weighted by molar-refractivity contribution is 7.90. The molecule has 0 radical (unpaired) electrons. The normalized spacial score (nSPS) is 11.6. The number of furan rings is 1. The van der Waals surface area contributed by atoms with Crippen LogP contribution in [0.4, 0.5) is 5.69 Å². The second kappa shape index (κ2) is 9.46. The maximum Gasteiger partial charge on any atom is 0.291 e. The Balaban J connectivity index is 1.49. The van der Waals surface area contributed by atoms with Gasteiger partial charge in [-0.05, 0) is 35.9 Å². The van der Waals surface area contributed by atoms with E-state index in [-0.39, 0.29) is 16.4 Å². The fourth-order valence-electron chi connectivity index (χ4n) is 3.65. The van der Waals surface area contributed by atoms with Gasteiger partial charge in [-0.1, -0.05) is 44.2 Å². The fraction of sp³-hybridized carbons (Fsp3) is 0.200. The molecule has 0 aliphatic carbocycles. The van der Waals surface area contributed by atoms with E-state index in [0.29, 0.717) is 23.7 Å². The molecule has 0 saturated carbocycles. The van der Waals surface area contributed by atoms with Crippen LogP contribution in [0.2, 0.25) is 0 Å². The summed E-state index contributed by atoms with van der Waals surface area (Å²) in [5.74, 6) is 0.448. The minimum absolute atomic E-state index is 0.0170. The molecule has 170 valence electrons. The summed E-state index contributed by atoms with van der Waals surface area (Å²) in [6.45, 7) is 4.81. The van der Waals surface area contributed by atoms with Crippen molar-refractivity contribution in [2.45, 2.75) is 37.0 Å². The molecule has 2 aromatic heterocycles. The lowest BCUT2D eigenvalue weighted by molar-refractivity contribution is 0.0996. The van der Waals surface area contributed by atoms with E-state index in [1.54, 1.807) is 30.5 Å². The number of anilines is 1. The number of nitrogens with one attached hydrogen (secondary N) is 1. The Morgan fingerprint density at radius 2 is 1.88 bits per heavy atom. The third-order valence-corrected chi connectivity index (χ3v) is 6.88. The lowest BCUT2D eigenvalue weighted by Crippen LogP contribution is -2.15. The van der Waals surface area contributed by atoms with Crippen LogP contribution < -0.4 is 5.32 Å². The van der Waals surface area contributed by atoms with E-state index in [2.05, 4.69) is 28.7 Å². The zero-order valence-electron chi connectivity index (χ0n) is 18.4. The fourth-order valence-corrected chi connectivity index (χ4v) is 5.03. The summed E-state index contributed by atoms with van der Waals surface area (Å²) in [4.78, 5) is 17.5. The Kier molecular flexibility index (Phi) is 6.46. The van der Waals surface area contributed by atoms with Gasteiger partial charge < -0.3 is 14.3 Å². The molecule has 2 heterocycles. The first kappa shape index (κ1) is 22.5. The maximum absolute atomic E-state index is 12.9. The van der Waals surface area contributed by atoms with Crippen LogP contribution in [-0.2, 0) is 22.1 Å². The number of rotatable bonds is 8. The maximum atomic E-state index is 12.9. The third kappa shape index (κ3) is 5.23. The molecular weight excluding hydrogens is 438 g/mol. The standard InChI is InChI=1S/C25H25N3O4S/c1-18(2)24-26-12-13-28(24)16-19-7-6-8-21(15-19)27-25(29)23-20(11-14-32-23)17-33(30,31)22-9-4-3-5-10-22/h3-15,18H,16-17H2,1-2H3,(H,27,29). The lowest BCUT2D eigenvalue weighted by atomic mass is 10.1. The summed E-state index contributed by atoms with van der Waals surface area (Å²) in [7, 11) is -3.61. The molecule has 0 unspecified atom stereocenters. The Labute approximate surface area is 193 Å². The SMILES string of the molecule is CC(C)c1nccn1Cc1cccc(NC(=O)c2occc2CS(=O)(=O)c2ccccc2)c1. The number of hydrogen-bond acceptors (Lipinski definition) is 5. The number of carbonyl (C=O) groups excluding carboxylic acids is 1. The molecular formula is C25H25N3O4S. The number of benzene rings is 2. The van der Waals surface area contributed by atoms with Gasteiger partial charge in [0.1, 0.15) is 5.82 Å². The van der Waals surface area contributed by atoms with Crippen LogP contribution in [0, 0.1) is 0 Å². The van der Waals surface area contributed by atoms with Crippen LogP contribution in [-0.4, -0.2) is 23.9 Å². The Morgan fingerprint density at radius 1 is 1.09 bits per heavy atom. The van der Waals surface area contributed by atoms with Crippen molar-refractivity contribution in [2.75, 3.05) is 5.32 Å². The minimum Gasteiger partial charge on any atom is -0.459 e. The monoisotopic (exact) mass is 463 g/mol. The van der Waals surface area contributed by atoms with E-state index in [4.69, 9.17) is 4.42 Å². The van der Waals surface area contributed by atoms with Crippen LogP contribution in [0.3, 0.4) is 0 Å². The summed E-state index contributed by atoms with van der Waals surface area (Å²) in [6.07, 6.45) is 5.04. The van der Waals surface area contributed by atoms with Gasteiger partial charge in [-0.2, -0.15) is 0 Å². The molecule has 33 heavy (non-hydrogen) atoms. The molecule has 0 aliphatic rings. The van der Waals surface area contributed by atoms with Gasteiger partial charge in [0.15, 0.2) is 15.6 Å². The highest BCUT2D eigenvalue weighted by Crippen LogP contribution is 2.22. The van der Waals surface area contributed by atoms with Crippen LogP contribution >= 0.6 is 0 Å². The zero-order valence-corrected chi connectivity index (χ0v) is 19.2. The first-order chi connectivity index (χ1) is 15.8. The topological polar surface area (TPSA) is 94.2 Å². The van der Waals surface area contributed by atoms with Gasteiger partial charge in [-0.15, -0.1) is 0 Å². The molecule has 0 fully saturated rings. The van der Waals surface area contributed by atoms with Crippen LogP contribution in [0.5, 0.6) is 0 Å². The van der Waals surface area contributed by atoms with E-state index in [1.165, 1.54) is 24.5 Å². The molecule has 2 aromatic carbocycles. The van der Waals surface area contributed by atoms with Crippen molar-refractivity contribution in [1.29, 1.82) is 0 Å². The average Bonchev–Trinajstić information content (AvgIpc) is 3.44. The van der Waals surface area contributed by atoms with E-state index in [9.17, 15) is 13.2 Å². The van der Waals surface area contributed by atoms with Crippen molar-refractivity contribution in [3.05, 3.63) is 102 Å². The summed E-state index contributed by atoms with van der Waals surface area (Å²) in [5.41, 5.74) is 1.91. The van der Waals surface area contributed by atoms with Crippen molar-refractivity contribution in [3.63, 3.8) is 0 Å². The van der Waals surface area contributed by atoms with Crippen LogP contribution in [0.15, 0.2) is 88.6 Å². The number of sulfone groups is 1. The Morgan fingerprint density at radius 3 is 2.64 bits per heavy atom. The van der Waals surface area contributed by atoms with Crippen molar-refractivity contribution in [3.8, 4) is 0 Å². The molecule has 1 amide bonds. The molecule has 0 spiro atoms. The Hall–Kier alpha value is -3.65. The van der Waals surface area contributed by atoms with E-state index in [1.807, 2.05) is 24.4 Å². The van der Waals surface area contributed by atoms with Crippen molar-refractivity contribution in [1.82, 2.24) is 9.55 Å². The van der Waals surface area contributed by atoms with Crippen molar-refractivity contribution in [2.24, 2.45) is 0 Å². The first-order valence-corrected chi connectivity index (χ1v) is 12.2. The molecule has 4 aromatic rings. The zero-order chi connectivity index (χ0) is 23.4. The second-order valence-corrected chi connectivity index (χ2v) is 10.1. The van der Waals surface area contributed by atoms with E-state index >= 15 is 0 Å². The minimum atomic E-state index is -3.61. The summed E-state index contributed by atoms with van der Waals surface area (Å²) < 4.78 is 32.9. The molecule has 0 aliphatic heterocycles. The molecule has 0 bridgehead atoms. The van der Waals surface area contributed by atoms with E-state index in [0.717, 1.165) is 11.4 Å². The summed E-state index contributed by atoms with van der Waals surface area (Å²) in [5, 5.41) is 2.82. The predicted octanol–water partition coefficient (Wildman–Crippen LogP) is 4.87. The second-order valence-electron chi connectivity index (χ2n) is 8.07. The number of aromatic nitrogens is 2. The molecule has 0 saturated heterocycles. The van der Waals surface area contributed by atoms with Gasteiger partial charge in [0.2, 0.25) is 0 Å². The smallest absolute Gasteiger partial charge is 0.291 e. The van der Waals surface area contributed by atoms with Gasteiger partial charge in [0.05, 0.1) is 16.9 Å². The first-order valence-electron chi connectivity index (χ1n) is 10.6. The van der Waals surface area contributed by atoms with Gasteiger partial charge in [-0.25, -0.2) is 13.4 Å². The molecule has 8 heteroatoms. The molecule has 1 N–H and O–H groups in total. The lowest BCUT2D eigenvalue weighted by Gasteiger charge is -2.12. The highest BCUT2D eigenvalue weighted by Gasteiger charge is 2.22. The number of nitrogens with zero attached hydrogens (tertiary/aromatic N) is 2. The summed E-state index contributed by atoms with van der Waals surface area (Å²) in [6, 6.07) is 17.2. The van der Waals surface area contributed by atoms with E-state index < -0.39 is 15.7 Å². The van der Waals surface area contributed by atoms with Gasteiger partial charge in [-0.3, -0.25) is 4.79 Å². The third-order valence-electron chi connectivity index (χ3n) is 5.20. The van der Waals surface area contributed by atoms with Gasteiger partial charge >= 0.3 is 0 Å². The largest absolute Gasteiger partial charge is 0.459 e. The molecule has 7 nitrogen and oxygen atoms in total. The average molecular weight is 464 g/mol. The van der Waals surface area contributed by atoms with Gasteiger partial charge in [0.25, 0.3) is 5.91 Å².